The molecule has 0 saturated carbocycles. The van der Waals surface area contributed by atoms with E-state index < -0.39 is 75.4 Å². The fourth-order valence-corrected chi connectivity index (χ4v) is 6.69. The summed E-state index contributed by atoms with van der Waals surface area (Å²) in [4.78, 5) is 62.0. The summed E-state index contributed by atoms with van der Waals surface area (Å²) in [5, 5.41) is 5.17. The fourth-order valence-electron chi connectivity index (χ4n) is 6.69. The molecule has 1 saturated heterocycles. The van der Waals surface area contributed by atoms with Gasteiger partial charge in [-0.1, -0.05) is 52.8 Å². The molecule has 0 unspecified atom stereocenters. The highest BCUT2D eigenvalue weighted by molar-refractivity contribution is 6.07. The average Bonchev–Trinajstić information content (AvgIpc) is 3.68. The van der Waals surface area contributed by atoms with Gasteiger partial charge in [-0.25, -0.2) is 19.7 Å². The number of likely N-dealkylation sites (tertiary alicyclic amines) is 1. The average molecular weight is 636 g/mol. The van der Waals surface area contributed by atoms with E-state index in [9.17, 15) is 32.3 Å². The Morgan fingerprint density at radius 2 is 1.83 bits per heavy atom. The van der Waals surface area contributed by atoms with Gasteiger partial charge in [0.25, 0.3) is 5.91 Å². The number of fused-ring (bicyclic) bond motifs is 3. The lowest BCUT2D eigenvalue weighted by molar-refractivity contribution is -0.140. The number of aromatic amines is 1. The maximum absolute atomic E-state index is 14.3. The number of amides is 3. The van der Waals surface area contributed by atoms with Crippen LogP contribution in [-0.2, 0) is 19.8 Å². The van der Waals surface area contributed by atoms with E-state index in [1.807, 2.05) is 26.8 Å². The van der Waals surface area contributed by atoms with Gasteiger partial charge in [0.05, 0.1) is 18.0 Å². The summed E-state index contributed by atoms with van der Waals surface area (Å²) in [7, 11) is 0. The molecule has 4 atom stereocenters. The lowest BCUT2D eigenvalue weighted by Crippen LogP contribution is -2.47. The Morgan fingerprint density at radius 1 is 1.13 bits per heavy atom. The molecule has 2 aromatic carbocycles. The zero-order valence-electron chi connectivity index (χ0n) is 26.3. The van der Waals surface area contributed by atoms with Crippen LogP contribution < -0.4 is 10.6 Å². The summed E-state index contributed by atoms with van der Waals surface area (Å²) in [5.74, 6) is -7.06. The summed E-state index contributed by atoms with van der Waals surface area (Å²) in [6.07, 6.45) is -0.742. The van der Waals surface area contributed by atoms with Gasteiger partial charge >= 0.3 is 6.17 Å². The van der Waals surface area contributed by atoms with E-state index in [1.165, 1.54) is 4.90 Å². The Labute approximate surface area is 264 Å². The van der Waals surface area contributed by atoms with Crippen LogP contribution in [0.1, 0.15) is 69.9 Å². The number of aromatic nitrogens is 1. The fraction of sp³-hybridized carbons (Fsp3) is 0.441. The lowest BCUT2D eigenvalue weighted by atomic mass is 9.79. The van der Waals surface area contributed by atoms with Gasteiger partial charge in [-0.05, 0) is 35.4 Å². The van der Waals surface area contributed by atoms with Crippen LogP contribution in [0.2, 0.25) is 0 Å². The molecule has 46 heavy (non-hydrogen) atoms. The van der Waals surface area contributed by atoms with Crippen molar-refractivity contribution in [3.05, 3.63) is 76.5 Å². The highest BCUT2D eigenvalue weighted by atomic mass is 19.2. The summed E-state index contributed by atoms with van der Waals surface area (Å²) in [6.45, 7) is 17.0. The van der Waals surface area contributed by atoms with Crippen LogP contribution in [0.25, 0.3) is 15.7 Å². The van der Waals surface area contributed by atoms with Crippen LogP contribution in [-0.4, -0.2) is 52.1 Å². The van der Waals surface area contributed by atoms with Crippen LogP contribution in [0, 0.1) is 41.3 Å². The third-order valence-electron chi connectivity index (χ3n) is 8.85. The van der Waals surface area contributed by atoms with Gasteiger partial charge in [0, 0.05) is 36.0 Å². The number of anilines is 1. The van der Waals surface area contributed by atoms with Crippen molar-refractivity contribution in [1.29, 1.82) is 0 Å². The zero-order chi connectivity index (χ0) is 33.7. The molecular weight excluding hydrogens is 599 g/mol. The maximum atomic E-state index is 14.3. The van der Waals surface area contributed by atoms with Gasteiger partial charge in [0.15, 0.2) is 17.4 Å². The first-order chi connectivity index (χ1) is 21.6. The number of ketones is 1. The minimum Gasteiger partial charge on any atom is -0.348 e. The lowest BCUT2D eigenvalue weighted by Gasteiger charge is -2.30. The summed E-state index contributed by atoms with van der Waals surface area (Å²) in [6, 6.07) is 7.56. The van der Waals surface area contributed by atoms with Crippen LogP contribution in [0.15, 0.2) is 36.4 Å². The third-order valence-corrected chi connectivity index (χ3v) is 8.85. The molecule has 1 aromatic heterocycles. The Hall–Kier alpha value is -4.66. The number of nitrogens with zero attached hydrogens (tertiary/aromatic N) is 2. The second-order valence-corrected chi connectivity index (χ2v) is 13.8. The molecule has 3 amide bonds. The number of Topliss-reactive ketones (excluding diaryl/α,β-unsaturated/α-hetero) is 1. The smallest absolute Gasteiger partial charge is 0.302 e. The normalized spacial score (nSPS) is 20.5. The topological polar surface area (TPSA) is 116 Å². The molecule has 12 heteroatoms. The number of carbonyl (C=O) groups excluding carboxylic acids is 4. The first-order valence-electron chi connectivity index (χ1n) is 15.1. The van der Waals surface area contributed by atoms with Crippen LogP contribution in [0.5, 0.6) is 0 Å². The second kappa shape index (κ2) is 11.9. The maximum Gasteiger partial charge on any atom is 0.302 e. The second-order valence-electron chi connectivity index (χ2n) is 13.8. The number of para-hydroxylation sites is 1. The molecule has 2 aliphatic rings. The minimum atomic E-state index is -1.41. The first kappa shape index (κ1) is 32.7. The number of carbonyl (C=O) groups is 4. The molecule has 0 aliphatic carbocycles. The summed E-state index contributed by atoms with van der Waals surface area (Å²) in [5.41, 5.74) is -0.873. The Balaban J connectivity index is 1.39. The van der Waals surface area contributed by atoms with Gasteiger partial charge in [0.2, 0.25) is 11.8 Å². The van der Waals surface area contributed by atoms with Crippen molar-refractivity contribution >= 4 is 40.1 Å². The predicted octanol–water partition coefficient (Wildman–Crippen LogP) is 5.72. The number of halogens is 3. The summed E-state index contributed by atoms with van der Waals surface area (Å²) >= 11 is 0. The molecule has 9 nitrogen and oxygen atoms in total. The van der Waals surface area contributed by atoms with Crippen molar-refractivity contribution in [3.8, 4) is 0 Å². The van der Waals surface area contributed by atoms with Crippen molar-refractivity contribution in [2.24, 2.45) is 17.3 Å². The molecule has 1 fully saturated rings. The van der Waals surface area contributed by atoms with Crippen LogP contribution >= 0.6 is 0 Å². The van der Waals surface area contributed by atoms with Gasteiger partial charge < -0.3 is 15.6 Å². The van der Waals surface area contributed by atoms with E-state index in [2.05, 4.69) is 20.5 Å². The number of nitrogens with one attached hydrogen (secondary N) is 3. The quantitative estimate of drug-likeness (QED) is 0.217. The monoisotopic (exact) mass is 635 g/mol. The van der Waals surface area contributed by atoms with E-state index in [0.717, 1.165) is 11.6 Å². The third kappa shape index (κ3) is 5.86. The van der Waals surface area contributed by atoms with E-state index in [1.54, 1.807) is 32.0 Å². The summed E-state index contributed by atoms with van der Waals surface area (Å²) < 4.78 is 42.3. The van der Waals surface area contributed by atoms with Crippen molar-refractivity contribution in [1.82, 2.24) is 15.2 Å². The van der Waals surface area contributed by atoms with Crippen molar-refractivity contribution in [2.75, 3.05) is 11.9 Å². The molecule has 5 rings (SSSR count). The molecule has 3 heterocycles. The predicted molar refractivity (Wildman–Crippen MR) is 165 cm³/mol. The molecule has 0 radical (unpaired) electrons. The number of hydrogen-bond donors (Lipinski definition) is 3. The van der Waals surface area contributed by atoms with Gasteiger partial charge in [-0.2, -0.15) is 0 Å². The number of H-pyrrole nitrogens is 1. The first-order valence-corrected chi connectivity index (χ1v) is 15.1. The van der Waals surface area contributed by atoms with E-state index >= 15 is 0 Å². The Morgan fingerprint density at radius 3 is 2.48 bits per heavy atom. The number of rotatable bonds is 8. The SMILES string of the molecule is [C-]#[N+][C@@H]1C[C@@]2(CN1C(=O)[C@@H](CC(=O)[C@H](NC(=O)c1cc3c(F)cc(F)c(F)c3[nH]1)C(C)C)CC(C)(C)C)C(=O)Nc1ccccc12. The van der Waals surface area contributed by atoms with Gasteiger partial charge in [-0.3, -0.25) is 28.9 Å². The van der Waals surface area contributed by atoms with E-state index in [0.29, 0.717) is 18.2 Å². The molecule has 2 aliphatic heterocycles. The number of hydrogen-bond acceptors (Lipinski definition) is 4. The van der Waals surface area contributed by atoms with Crippen molar-refractivity contribution < 1.29 is 32.3 Å². The molecule has 3 aromatic rings. The van der Waals surface area contributed by atoms with E-state index in [-0.39, 0.29) is 36.4 Å². The Kier molecular flexibility index (Phi) is 8.49. The highest BCUT2D eigenvalue weighted by Crippen LogP contribution is 2.47. The standard InChI is InChI=1S/C34H36F3N5O4/c1-17(2)28(41-30(44)24-12-19-21(35)13-22(36)27(37)29(19)39-24)25(43)11-18(14-33(3,4)5)31(45)42-16-34(15-26(42)38-6)20-9-7-8-10-23(20)40-32(34)46/h7-10,12-13,17-18,26,28,39H,11,14-16H2,1-5H3,(H,40,46)(H,41,44)/t18-,26-,28+,34-/m0/s1. The van der Waals surface area contributed by atoms with Crippen molar-refractivity contribution in [2.45, 2.75) is 71.5 Å². The molecule has 1 spiro atoms. The highest BCUT2D eigenvalue weighted by Gasteiger charge is 2.59. The molecule has 0 bridgehead atoms. The zero-order valence-corrected chi connectivity index (χ0v) is 26.3. The van der Waals surface area contributed by atoms with E-state index in [4.69, 9.17) is 6.57 Å². The van der Waals surface area contributed by atoms with Gasteiger partial charge in [0.1, 0.15) is 16.9 Å². The van der Waals surface area contributed by atoms with Crippen molar-refractivity contribution in [3.63, 3.8) is 0 Å². The number of benzene rings is 2. The van der Waals surface area contributed by atoms with Crippen LogP contribution in [0.3, 0.4) is 0 Å². The van der Waals surface area contributed by atoms with Gasteiger partial charge in [-0.15, -0.1) is 0 Å². The molecular formula is C34H36F3N5O4. The minimum absolute atomic E-state index is 0.00496. The molecule has 3 N–H and O–H groups in total. The Bertz CT molecular complexity index is 1790. The largest absolute Gasteiger partial charge is 0.348 e. The van der Waals surface area contributed by atoms with Crippen LogP contribution in [0.4, 0.5) is 18.9 Å². The molecule has 242 valence electrons.